The second-order valence-electron chi connectivity index (χ2n) is 6.30. The number of nitrogens with one attached hydrogen (secondary N) is 1. The third kappa shape index (κ3) is 5.43. The fraction of sp³-hybridized carbons (Fsp3) is 0.350. The van der Waals surface area contributed by atoms with Crippen LogP contribution in [0.15, 0.2) is 53.0 Å². The summed E-state index contributed by atoms with van der Waals surface area (Å²) in [7, 11) is 1.68. The van der Waals surface area contributed by atoms with Crippen LogP contribution < -0.4 is 10.1 Å². The van der Waals surface area contributed by atoms with Crippen molar-refractivity contribution < 1.29 is 9.47 Å². The molecule has 1 aliphatic heterocycles. The predicted molar refractivity (Wildman–Crippen MR) is 113 cm³/mol. The van der Waals surface area contributed by atoms with Crippen LogP contribution in [-0.2, 0) is 11.3 Å². The minimum absolute atomic E-state index is 0.227. The fourth-order valence-electron chi connectivity index (χ4n) is 2.98. The van der Waals surface area contributed by atoms with Crippen molar-refractivity contribution in [3.8, 4) is 5.75 Å². The molecule has 0 bridgehead atoms. The van der Waals surface area contributed by atoms with Crippen LogP contribution >= 0.6 is 28.1 Å². The minimum Gasteiger partial charge on any atom is -0.497 e. The van der Waals surface area contributed by atoms with Crippen molar-refractivity contribution in [2.45, 2.75) is 25.5 Å². The van der Waals surface area contributed by atoms with E-state index in [9.17, 15) is 0 Å². The summed E-state index contributed by atoms with van der Waals surface area (Å²) in [5, 5.41) is 4.04. The van der Waals surface area contributed by atoms with E-state index in [-0.39, 0.29) is 6.10 Å². The van der Waals surface area contributed by atoms with Crippen molar-refractivity contribution in [2.75, 3.05) is 25.6 Å². The Morgan fingerprint density at radius 1 is 1.31 bits per heavy atom. The number of thiocarbonyl (C=S) groups is 1. The normalized spacial score (nSPS) is 16.3. The topological polar surface area (TPSA) is 33.7 Å². The van der Waals surface area contributed by atoms with Gasteiger partial charge in [0.2, 0.25) is 0 Å². The predicted octanol–water partition coefficient (Wildman–Crippen LogP) is 4.84. The number of halogens is 1. The summed E-state index contributed by atoms with van der Waals surface area (Å²) in [5.41, 5.74) is 2.13. The molecule has 1 fully saturated rings. The maximum Gasteiger partial charge on any atom is 0.173 e. The SMILES string of the molecule is COc1cccc(CN(CC2CCCO2)C(=S)Nc2ccc(Br)cc2)c1. The molecule has 2 aromatic rings. The van der Waals surface area contributed by atoms with E-state index in [1.807, 2.05) is 42.5 Å². The quantitative estimate of drug-likeness (QED) is 0.657. The van der Waals surface area contributed by atoms with E-state index in [0.717, 1.165) is 47.5 Å². The Morgan fingerprint density at radius 2 is 2.12 bits per heavy atom. The van der Waals surface area contributed by atoms with Gasteiger partial charge in [-0.25, -0.2) is 0 Å². The molecular weight excluding hydrogens is 412 g/mol. The lowest BCUT2D eigenvalue weighted by Gasteiger charge is -2.28. The molecule has 26 heavy (non-hydrogen) atoms. The van der Waals surface area contributed by atoms with Crippen LogP contribution in [0.25, 0.3) is 0 Å². The molecule has 6 heteroatoms. The van der Waals surface area contributed by atoms with E-state index >= 15 is 0 Å². The number of hydrogen-bond acceptors (Lipinski definition) is 3. The molecule has 1 N–H and O–H groups in total. The van der Waals surface area contributed by atoms with Crippen molar-refractivity contribution in [1.82, 2.24) is 4.90 Å². The van der Waals surface area contributed by atoms with Crippen LogP contribution in [0.3, 0.4) is 0 Å². The van der Waals surface area contributed by atoms with Crippen LogP contribution in [0.2, 0.25) is 0 Å². The van der Waals surface area contributed by atoms with Gasteiger partial charge in [-0.1, -0.05) is 28.1 Å². The Morgan fingerprint density at radius 3 is 2.81 bits per heavy atom. The number of benzene rings is 2. The third-order valence-electron chi connectivity index (χ3n) is 4.34. The molecule has 1 aliphatic rings. The molecule has 0 spiro atoms. The van der Waals surface area contributed by atoms with E-state index in [1.54, 1.807) is 7.11 Å². The van der Waals surface area contributed by atoms with E-state index in [0.29, 0.717) is 11.7 Å². The maximum absolute atomic E-state index is 5.82. The Labute approximate surface area is 168 Å². The number of ether oxygens (including phenoxy) is 2. The van der Waals surface area contributed by atoms with Crippen molar-refractivity contribution in [3.05, 3.63) is 58.6 Å². The maximum atomic E-state index is 5.82. The van der Waals surface area contributed by atoms with Gasteiger partial charge in [0.05, 0.1) is 13.2 Å². The Balaban J connectivity index is 1.72. The minimum atomic E-state index is 0.227. The summed E-state index contributed by atoms with van der Waals surface area (Å²) in [4.78, 5) is 2.17. The fourth-order valence-corrected chi connectivity index (χ4v) is 3.50. The highest BCUT2D eigenvalue weighted by Gasteiger charge is 2.21. The standard InChI is InChI=1S/C20H23BrN2O2S/c1-24-18-5-2-4-15(12-18)13-23(14-19-6-3-11-25-19)20(26)22-17-9-7-16(21)8-10-17/h2,4-5,7-10,12,19H,3,6,11,13-14H2,1H3,(H,22,26). The molecule has 0 radical (unpaired) electrons. The molecule has 0 saturated carbocycles. The summed E-state index contributed by atoms with van der Waals surface area (Å²) in [5.74, 6) is 0.853. The molecule has 1 atom stereocenters. The molecule has 138 valence electrons. The van der Waals surface area contributed by atoms with Gasteiger partial charge in [0.15, 0.2) is 5.11 Å². The molecule has 3 rings (SSSR count). The molecular formula is C20H23BrN2O2S. The van der Waals surface area contributed by atoms with E-state index < -0.39 is 0 Å². The first-order chi connectivity index (χ1) is 12.6. The van der Waals surface area contributed by atoms with Gasteiger partial charge in [0.1, 0.15) is 5.75 Å². The largest absolute Gasteiger partial charge is 0.497 e. The second kappa shape index (κ2) is 9.35. The van der Waals surface area contributed by atoms with E-state index in [1.165, 1.54) is 0 Å². The van der Waals surface area contributed by atoms with Crippen molar-refractivity contribution >= 4 is 38.9 Å². The smallest absolute Gasteiger partial charge is 0.173 e. The zero-order valence-electron chi connectivity index (χ0n) is 14.8. The zero-order chi connectivity index (χ0) is 18.4. The first-order valence-corrected chi connectivity index (χ1v) is 9.90. The summed E-state index contributed by atoms with van der Waals surface area (Å²) < 4.78 is 12.2. The number of hydrogen-bond donors (Lipinski definition) is 1. The van der Waals surface area contributed by atoms with Gasteiger partial charge in [-0.05, 0) is 67.0 Å². The third-order valence-corrected chi connectivity index (χ3v) is 5.23. The number of anilines is 1. The van der Waals surface area contributed by atoms with Crippen LogP contribution in [0, 0.1) is 0 Å². The number of methoxy groups -OCH3 is 1. The van der Waals surface area contributed by atoms with Crippen LogP contribution in [0.4, 0.5) is 5.69 Å². The first kappa shape index (κ1) is 19.1. The lowest BCUT2D eigenvalue weighted by atomic mass is 10.2. The lowest BCUT2D eigenvalue weighted by molar-refractivity contribution is 0.0905. The number of rotatable bonds is 6. The van der Waals surface area contributed by atoms with Gasteiger partial charge in [-0.2, -0.15) is 0 Å². The van der Waals surface area contributed by atoms with Gasteiger partial charge in [0, 0.05) is 29.9 Å². The molecule has 1 unspecified atom stereocenters. The van der Waals surface area contributed by atoms with Crippen molar-refractivity contribution in [2.24, 2.45) is 0 Å². The number of nitrogens with zero attached hydrogens (tertiary/aromatic N) is 1. The summed E-state index contributed by atoms with van der Waals surface area (Å²) in [6.45, 7) is 2.32. The molecule has 4 nitrogen and oxygen atoms in total. The average Bonchev–Trinajstić information content (AvgIpc) is 3.16. The van der Waals surface area contributed by atoms with Crippen molar-refractivity contribution in [1.29, 1.82) is 0 Å². The molecule has 0 amide bonds. The Kier molecular flexibility index (Phi) is 6.88. The Bertz CT molecular complexity index is 733. The highest BCUT2D eigenvalue weighted by molar-refractivity contribution is 9.10. The monoisotopic (exact) mass is 434 g/mol. The molecule has 1 saturated heterocycles. The van der Waals surface area contributed by atoms with Gasteiger partial charge in [-0.15, -0.1) is 0 Å². The first-order valence-electron chi connectivity index (χ1n) is 8.70. The summed E-state index contributed by atoms with van der Waals surface area (Å²) >= 11 is 9.16. The Hall–Kier alpha value is -1.63. The average molecular weight is 435 g/mol. The molecule has 0 aromatic heterocycles. The highest BCUT2D eigenvalue weighted by Crippen LogP contribution is 2.20. The lowest BCUT2D eigenvalue weighted by Crippen LogP contribution is -2.39. The van der Waals surface area contributed by atoms with Crippen LogP contribution in [0.1, 0.15) is 18.4 Å². The van der Waals surface area contributed by atoms with E-state index in [2.05, 4.69) is 32.2 Å². The molecule has 1 heterocycles. The van der Waals surface area contributed by atoms with Crippen molar-refractivity contribution in [3.63, 3.8) is 0 Å². The molecule has 0 aliphatic carbocycles. The van der Waals surface area contributed by atoms with Crippen LogP contribution in [-0.4, -0.2) is 36.4 Å². The van der Waals surface area contributed by atoms with Gasteiger partial charge >= 0.3 is 0 Å². The second-order valence-corrected chi connectivity index (χ2v) is 7.61. The van der Waals surface area contributed by atoms with Gasteiger partial charge < -0.3 is 19.7 Å². The zero-order valence-corrected chi connectivity index (χ0v) is 17.2. The van der Waals surface area contributed by atoms with E-state index in [4.69, 9.17) is 21.7 Å². The van der Waals surface area contributed by atoms with Gasteiger partial charge in [0.25, 0.3) is 0 Å². The summed E-state index contributed by atoms with van der Waals surface area (Å²) in [6, 6.07) is 16.1. The highest BCUT2D eigenvalue weighted by atomic mass is 79.9. The summed E-state index contributed by atoms with van der Waals surface area (Å²) in [6.07, 6.45) is 2.42. The molecule has 2 aromatic carbocycles. The van der Waals surface area contributed by atoms with Gasteiger partial charge in [-0.3, -0.25) is 0 Å². The van der Waals surface area contributed by atoms with Crippen LogP contribution in [0.5, 0.6) is 5.75 Å².